The van der Waals surface area contributed by atoms with Crippen LogP contribution in [0.3, 0.4) is 0 Å². The second-order valence-corrected chi connectivity index (χ2v) is 7.81. The summed E-state index contributed by atoms with van der Waals surface area (Å²) in [5, 5.41) is 6.44. The molecule has 0 atom stereocenters. The largest absolute Gasteiger partial charge is 0.328 e. The van der Waals surface area contributed by atoms with Crippen molar-refractivity contribution in [1.29, 1.82) is 0 Å². The molecule has 0 aliphatic carbocycles. The van der Waals surface area contributed by atoms with Crippen LogP contribution in [0.4, 0.5) is 15.8 Å². The van der Waals surface area contributed by atoms with Gasteiger partial charge in [-0.25, -0.2) is 9.07 Å². The van der Waals surface area contributed by atoms with E-state index in [1.54, 1.807) is 36.4 Å². The molecule has 0 unspecified atom stereocenters. The summed E-state index contributed by atoms with van der Waals surface area (Å²) >= 11 is 12.0. The van der Waals surface area contributed by atoms with Gasteiger partial charge in [-0.05, 0) is 66.7 Å². The number of halogens is 3. The lowest BCUT2D eigenvalue weighted by Gasteiger charge is -2.13. The minimum absolute atomic E-state index is 0.0282. The SMILES string of the molecule is O=C(Nc1cccc(Cl)c1)C(=O)Nn1c(C(=O)Nc2ccc(F)cc2)cc2cc(Cl)ccc21. The van der Waals surface area contributed by atoms with Gasteiger partial charge in [-0.2, -0.15) is 0 Å². The van der Waals surface area contributed by atoms with Crippen LogP contribution >= 0.6 is 23.2 Å². The monoisotopic (exact) mass is 484 g/mol. The summed E-state index contributed by atoms with van der Waals surface area (Å²) in [4.78, 5) is 37.9. The van der Waals surface area contributed by atoms with Crippen molar-refractivity contribution in [2.45, 2.75) is 0 Å². The van der Waals surface area contributed by atoms with Gasteiger partial charge in [0.05, 0.1) is 5.52 Å². The Balaban J connectivity index is 1.62. The van der Waals surface area contributed by atoms with Crippen LogP contribution in [0.5, 0.6) is 0 Å². The number of carbonyl (C=O) groups excluding carboxylic acids is 3. The zero-order valence-electron chi connectivity index (χ0n) is 16.7. The van der Waals surface area contributed by atoms with E-state index >= 15 is 0 Å². The molecule has 3 N–H and O–H groups in total. The van der Waals surface area contributed by atoms with Gasteiger partial charge in [0, 0.05) is 26.8 Å². The quantitative estimate of drug-likeness (QED) is 0.354. The van der Waals surface area contributed by atoms with E-state index in [9.17, 15) is 18.8 Å². The highest BCUT2D eigenvalue weighted by Gasteiger charge is 2.21. The van der Waals surface area contributed by atoms with Gasteiger partial charge >= 0.3 is 11.8 Å². The van der Waals surface area contributed by atoms with Gasteiger partial charge in [0.15, 0.2) is 0 Å². The third-order valence-corrected chi connectivity index (χ3v) is 5.07. The molecule has 33 heavy (non-hydrogen) atoms. The number of fused-ring (bicyclic) bond motifs is 1. The van der Waals surface area contributed by atoms with Crippen LogP contribution in [0, 0.1) is 5.82 Å². The van der Waals surface area contributed by atoms with Crippen molar-refractivity contribution in [3.05, 3.63) is 94.4 Å². The Labute approximate surface area is 197 Å². The molecule has 0 saturated heterocycles. The average Bonchev–Trinajstić information content (AvgIpc) is 3.12. The third-order valence-electron chi connectivity index (χ3n) is 4.60. The van der Waals surface area contributed by atoms with E-state index in [0.717, 1.165) is 0 Å². The molecule has 1 aromatic heterocycles. The Morgan fingerprint density at radius 3 is 2.21 bits per heavy atom. The molecule has 10 heteroatoms. The molecule has 0 spiro atoms. The summed E-state index contributed by atoms with van der Waals surface area (Å²) in [5.41, 5.74) is 3.58. The average molecular weight is 485 g/mol. The zero-order valence-corrected chi connectivity index (χ0v) is 18.2. The van der Waals surface area contributed by atoms with Gasteiger partial charge in [-0.1, -0.05) is 29.3 Å². The fraction of sp³-hybridized carbons (Fsp3) is 0. The molecule has 166 valence electrons. The normalized spacial score (nSPS) is 10.6. The number of nitrogens with zero attached hydrogens (tertiary/aromatic N) is 1. The highest BCUT2D eigenvalue weighted by molar-refractivity contribution is 6.42. The maximum Gasteiger partial charge on any atom is 0.328 e. The molecule has 0 saturated carbocycles. The first-order valence-corrected chi connectivity index (χ1v) is 10.3. The van der Waals surface area contributed by atoms with Crippen LogP contribution in [0.15, 0.2) is 72.8 Å². The molecular formula is C23H15Cl2FN4O3. The predicted molar refractivity (Wildman–Crippen MR) is 126 cm³/mol. The second-order valence-electron chi connectivity index (χ2n) is 6.93. The van der Waals surface area contributed by atoms with Crippen LogP contribution in [-0.4, -0.2) is 22.4 Å². The number of benzene rings is 3. The molecule has 0 fully saturated rings. The molecule has 0 aliphatic heterocycles. The lowest BCUT2D eigenvalue weighted by atomic mass is 10.2. The van der Waals surface area contributed by atoms with Crippen molar-refractivity contribution in [3.8, 4) is 0 Å². The summed E-state index contributed by atoms with van der Waals surface area (Å²) in [6.45, 7) is 0. The van der Waals surface area contributed by atoms with E-state index < -0.39 is 23.5 Å². The van der Waals surface area contributed by atoms with E-state index in [1.165, 1.54) is 41.1 Å². The molecule has 3 amide bonds. The zero-order chi connectivity index (χ0) is 23.5. The summed E-state index contributed by atoms with van der Waals surface area (Å²) in [7, 11) is 0. The van der Waals surface area contributed by atoms with Gasteiger partial charge in [0.2, 0.25) is 0 Å². The van der Waals surface area contributed by atoms with Gasteiger partial charge in [0.1, 0.15) is 11.5 Å². The maximum atomic E-state index is 13.2. The Kier molecular flexibility index (Phi) is 6.30. The van der Waals surface area contributed by atoms with E-state index in [2.05, 4.69) is 16.1 Å². The molecule has 4 rings (SSSR count). The summed E-state index contributed by atoms with van der Waals surface area (Å²) in [6.07, 6.45) is 0. The number of amides is 3. The summed E-state index contributed by atoms with van der Waals surface area (Å²) < 4.78 is 14.3. The Morgan fingerprint density at radius 2 is 1.48 bits per heavy atom. The number of hydrogen-bond acceptors (Lipinski definition) is 3. The van der Waals surface area contributed by atoms with Crippen molar-refractivity contribution in [3.63, 3.8) is 0 Å². The molecule has 0 bridgehead atoms. The summed E-state index contributed by atoms with van der Waals surface area (Å²) in [6, 6.07) is 17.8. The van der Waals surface area contributed by atoms with Crippen molar-refractivity contribution in [2.75, 3.05) is 16.1 Å². The fourth-order valence-corrected chi connectivity index (χ4v) is 3.48. The molecule has 0 aliphatic rings. The van der Waals surface area contributed by atoms with Gasteiger partial charge in [0.25, 0.3) is 5.91 Å². The molecule has 1 heterocycles. The number of rotatable bonds is 4. The number of nitrogens with one attached hydrogen (secondary N) is 3. The highest BCUT2D eigenvalue weighted by Crippen LogP contribution is 2.24. The van der Waals surface area contributed by atoms with Crippen LogP contribution in [0.25, 0.3) is 10.9 Å². The molecule has 7 nitrogen and oxygen atoms in total. The van der Waals surface area contributed by atoms with Crippen molar-refractivity contribution in [1.82, 2.24) is 4.68 Å². The van der Waals surface area contributed by atoms with Crippen LogP contribution in [0.1, 0.15) is 10.5 Å². The van der Waals surface area contributed by atoms with Crippen LogP contribution < -0.4 is 16.1 Å². The van der Waals surface area contributed by atoms with E-state index in [0.29, 0.717) is 32.3 Å². The first-order chi connectivity index (χ1) is 15.8. The topological polar surface area (TPSA) is 92.2 Å². The van der Waals surface area contributed by atoms with E-state index in [-0.39, 0.29) is 5.69 Å². The predicted octanol–water partition coefficient (Wildman–Crippen LogP) is 5.05. The fourth-order valence-electron chi connectivity index (χ4n) is 3.11. The molecule has 0 radical (unpaired) electrons. The third kappa shape index (κ3) is 5.14. The smallest absolute Gasteiger partial charge is 0.321 e. The lowest BCUT2D eigenvalue weighted by molar-refractivity contribution is -0.133. The standard InChI is InChI=1S/C23H15Cl2FN4O3/c24-14-2-1-3-18(12-14)28-22(32)23(33)29-30-19-9-4-15(25)10-13(19)11-20(30)21(31)27-17-7-5-16(26)6-8-17/h1-12H,(H,27,31)(H,28,32)(H,29,33). The summed E-state index contributed by atoms with van der Waals surface area (Å²) in [5.74, 6) is -3.02. The Morgan fingerprint density at radius 1 is 0.758 bits per heavy atom. The molecular weight excluding hydrogens is 470 g/mol. The van der Waals surface area contributed by atoms with Crippen molar-refractivity contribution < 1.29 is 18.8 Å². The number of hydrogen-bond donors (Lipinski definition) is 3. The Hall–Kier alpha value is -3.88. The van der Waals surface area contributed by atoms with Crippen molar-refractivity contribution >= 4 is 63.2 Å². The first kappa shape index (κ1) is 22.3. The number of carbonyl (C=O) groups is 3. The van der Waals surface area contributed by atoms with Gasteiger partial charge < -0.3 is 10.6 Å². The van der Waals surface area contributed by atoms with Gasteiger partial charge in [-0.3, -0.25) is 19.8 Å². The van der Waals surface area contributed by atoms with Gasteiger partial charge in [-0.15, -0.1) is 0 Å². The van der Waals surface area contributed by atoms with Crippen LogP contribution in [0.2, 0.25) is 10.0 Å². The van der Waals surface area contributed by atoms with E-state index in [4.69, 9.17) is 23.2 Å². The molecule has 3 aromatic carbocycles. The number of anilines is 2. The van der Waals surface area contributed by atoms with Crippen LogP contribution in [-0.2, 0) is 9.59 Å². The number of aromatic nitrogens is 1. The van der Waals surface area contributed by atoms with Crippen molar-refractivity contribution in [2.24, 2.45) is 0 Å². The maximum absolute atomic E-state index is 13.2. The van der Waals surface area contributed by atoms with E-state index in [1.807, 2.05) is 0 Å². The first-order valence-electron chi connectivity index (χ1n) is 9.56. The Bertz CT molecular complexity index is 1390. The molecule has 4 aromatic rings. The minimum Gasteiger partial charge on any atom is -0.321 e. The lowest BCUT2D eigenvalue weighted by Crippen LogP contribution is -2.36. The minimum atomic E-state index is -1.02. The second kappa shape index (κ2) is 9.32. The highest BCUT2D eigenvalue weighted by atomic mass is 35.5.